The van der Waals surface area contributed by atoms with E-state index in [0.717, 1.165) is 19.3 Å². The molecule has 1 aromatic rings. The second-order valence-corrected chi connectivity index (χ2v) is 6.07. The zero-order valence-electron chi connectivity index (χ0n) is 9.63. The van der Waals surface area contributed by atoms with Crippen molar-refractivity contribution in [1.82, 2.24) is 9.29 Å². The van der Waals surface area contributed by atoms with E-state index in [1.807, 2.05) is 0 Å². The van der Waals surface area contributed by atoms with Gasteiger partial charge in [-0.1, -0.05) is 6.42 Å². The van der Waals surface area contributed by atoms with Crippen molar-refractivity contribution < 1.29 is 8.42 Å². The maximum absolute atomic E-state index is 12.3. The summed E-state index contributed by atoms with van der Waals surface area (Å²) in [6.45, 7) is 0. The number of hydrogen-bond acceptors (Lipinski definition) is 5. The third-order valence-electron chi connectivity index (χ3n) is 3.15. The van der Waals surface area contributed by atoms with Crippen molar-refractivity contribution in [3.63, 3.8) is 0 Å². The van der Waals surface area contributed by atoms with Crippen molar-refractivity contribution in [3.05, 3.63) is 18.3 Å². The molecule has 0 atom stereocenters. The average molecular weight is 256 g/mol. The van der Waals surface area contributed by atoms with Gasteiger partial charge in [0, 0.05) is 19.3 Å². The third kappa shape index (κ3) is 2.13. The van der Waals surface area contributed by atoms with E-state index >= 15 is 0 Å². The number of sulfonamides is 1. The summed E-state index contributed by atoms with van der Waals surface area (Å²) in [4.78, 5) is 4.03. The van der Waals surface area contributed by atoms with Crippen LogP contribution in [0.3, 0.4) is 0 Å². The fourth-order valence-corrected chi connectivity index (χ4v) is 3.33. The summed E-state index contributed by atoms with van der Waals surface area (Å²) in [5.41, 5.74) is 2.31. The Bertz CT molecular complexity index is 499. The van der Waals surface area contributed by atoms with Crippen LogP contribution in [0.4, 0.5) is 5.82 Å². The number of hydrazine groups is 1. The number of nitrogens with two attached hydrogens (primary N) is 1. The van der Waals surface area contributed by atoms with Crippen LogP contribution in [0.25, 0.3) is 0 Å². The van der Waals surface area contributed by atoms with E-state index in [1.165, 1.54) is 16.6 Å². The summed E-state index contributed by atoms with van der Waals surface area (Å²) in [6.07, 6.45) is 4.42. The predicted molar refractivity (Wildman–Crippen MR) is 64.6 cm³/mol. The minimum absolute atomic E-state index is 0.103. The summed E-state index contributed by atoms with van der Waals surface area (Å²) in [6, 6.07) is 3.19. The van der Waals surface area contributed by atoms with Crippen molar-refractivity contribution >= 4 is 15.8 Å². The summed E-state index contributed by atoms with van der Waals surface area (Å²) in [7, 11) is -1.91. The highest BCUT2D eigenvalue weighted by atomic mass is 32.2. The lowest BCUT2D eigenvalue weighted by Crippen LogP contribution is -2.41. The number of nitrogens with one attached hydrogen (secondary N) is 1. The van der Waals surface area contributed by atoms with E-state index in [0.29, 0.717) is 0 Å². The molecular weight excluding hydrogens is 240 g/mol. The lowest BCUT2D eigenvalue weighted by atomic mass is 9.94. The van der Waals surface area contributed by atoms with Crippen molar-refractivity contribution in [2.45, 2.75) is 30.2 Å². The van der Waals surface area contributed by atoms with Gasteiger partial charge in [-0.2, -0.15) is 4.31 Å². The Balaban J connectivity index is 2.36. The monoisotopic (exact) mass is 256 g/mol. The van der Waals surface area contributed by atoms with Gasteiger partial charge in [0.25, 0.3) is 0 Å². The SMILES string of the molecule is CN(C1CCC1)S(=O)(=O)c1cccnc1NN. The van der Waals surface area contributed by atoms with Gasteiger partial charge >= 0.3 is 0 Å². The molecule has 0 aliphatic heterocycles. The van der Waals surface area contributed by atoms with E-state index in [2.05, 4.69) is 10.4 Å². The van der Waals surface area contributed by atoms with Crippen LogP contribution in [0.5, 0.6) is 0 Å². The van der Waals surface area contributed by atoms with Crippen LogP contribution in [-0.2, 0) is 10.0 Å². The maximum Gasteiger partial charge on any atom is 0.246 e. The number of pyridine rings is 1. The molecule has 1 heterocycles. The van der Waals surface area contributed by atoms with Crippen molar-refractivity contribution in [2.24, 2.45) is 5.84 Å². The molecule has 1 saturated carbocycles. The third-order valence-corrected chi connectivity index (χ3v) is 5.10. The molecule has 7 heteroatoms. The van der Waals surface area contributed by atoms with Gasteiger partial charge in [-0.15, -0.1) is 0 Å². The molecule has 17 heavy (non-hydrogen) atoms. The predicted octanol–water partition coefficient (Wildman–Crippen LogP) is 0.540. The highest BCUT2D eigenvalue weighted by Gasteiger charge is 2.33. The van der Waals surface area contributed by atoms with Gasteiger partial charge in [-0.05, 0) is 25.0 Å². The van der Waals surface area contributed by atoms with Crippen LogP contribution in [0.15, 0.2) is 23.2 Å². The minimum Gasteiger partial charge on any atom is -0.307 e. The lowest BCUT2D eigenvalue weighted by molar-refractivity contribution is 0.249. The smallest absolute Gasteiger partial charge is 0.246 e. The molecule has 1 aliphatic rings. The van der Waals surface area contributed by atoms with Gasteiger partial charge in [0.05, 0.1) is 0 Å². The zero-order valence-corrected chi connectivity index (χ0v) is 10.4. The summed E-state index contributed by atoms with van der Waals surface area (Å²) < 4.78 is 26.1. The Morgan fingerprint density at radius 1 is 1.53 bits per heavy atom. The van der Waals surface area contributed by atoms with E-state index < -0.39 is 10.0 Å². The van der Waals surface area contributed by atoms with Crippen LogP contribution in [-0.4, -0.2) is 30.8 Å². The van der Waals surface area contributed by atoms with Crippen LogP contribution in [0.1, 0.15) is 19.3 Å². The Morgan fingerprint density at radius 3 is 2.76 bits per heavy atom. The first-order chi connectivity index (χ1) is 8.07. The Morgan fingerprint density at radius 2 is 2.24 bits per heavy atom. The fourth-order valence-electron chi connectivity index (χ4n) is 1.81. The first-order valence-electron chi connectivity index (χ1n) is 5.47. The topological polar surface area (TPSA) is 88.3 Å². The van der Waals surface area contributed by atoms with Gasteiger partial charge in [-0.3, -0.25) is 0 Å². The number of nitrogen functional groups attached to an aromatic ring is 1. The molecule has 1 aliphatic carbocycles. The lowest BCUT2D eigenvalue weighted by Gasteiger charge is -2.33. The van der Waals surface area contributed by atoms with Crippen LogP contribution >= 0.6 is 0 Å². The molecule has 3 N–H and O–H groups in total. The van der Waals surface area contributed by atoms with Gasteiger partial charge in [0.15, 0.2) is 5.82 Å². The van der Waals surface area contributed by atoms with E-state index in [4.69, 9.17) is 5.84 Å². The summed E-state index contributed by atoms with van der Waals surface area (Å²) >= 11 is 0. The van der Waals surface area contributed by atoms with Gasteiger partial charge < -0.3 is 5.43 Å². The zero-order chi connectivity index (χ0) is 12.5. The second kappa shape index (κ2) is 4.59. The molecule has 0 saturated heterocycles. The Labute approximate surface area is 101 Å². The molecule has 0 spiro atoms. The largest absolute Gasteiger partial charge is 0.307 e. The number of hydrogen-bond donors (Lipinski definition) is 2. The molecule has 0 radical (unpaired) electrons. The molecule has 2 rings (SSSR count). The molecule has 1 fully saturated rings. The van der Waals surface area contributed by atoms with Crippen molar-refractivity contribution in [1.29, 1.82) is 0 Å². The minimum atomic E-state index is -3.51. The van der Waals surface area contributed by atoms with Crippen LogP contribution < -0.4 is 11.3 Å². The van der Waals surface area contributed by atoms with E-state index in [-0.39, 0.29) is 16.8 Å². The fraction of sp³-hybridized carbons (Fsp3) is 0.500. The molecule has 0 amide bonds. The van der Waals surface area contributed by atoms with E-state index in [1.54, 1.807) is 13.1 Å². The summed E-state index contributed by atoms with van der Waals surface area (Å²) in [5.74, 6) is 5.45. The van der Waals surface area contributed by atoms with Gasteiger partial charge in [-0.25, -0.2) is 19.2 Å². The summed E-state index contributed by atoms with van der Waals surface area (Å²) in [5, 5.41) is 0. The van der Waals surface area contributed by atoms with Gasteiger partial charge in [0.1, 0.15) is 4.90 Å². The van der Waals surface area contributed by atoms with Crippen LogP contribution in [0.2, 0.25) is 0 Å². The first-order valence-corrected chi connectivity index (χ1v) is 6.91. The molecule has 6 nitrogen and oxygen atoms in total. The normalized spacial score (nSPS) is 16.9. The quantitative estimate of drug-likeness (QED) is 0.606. The van der Waals surface area contributed by atoms with Crippen molar-refractivity contribution in [3.8, 4) is 0 Å². The standard InChI is InChI=1S/C10H16N4O2S/c1-14(8-4-2-5-8)17(15,16)9-6-3-7-12-10(9)13-11/h3,6-8H,2,4-5,11H2,1H3,(H,12,13). The first kappa shape index (κ1) is 12.3. The molecule has 0 aromatic carbocycles. The number of rotatable bonds is 4. The highest BCUT2D eigenvalue weighted by Crippen LogP contribution is 2.30. The molecular formula is C10H16N4O2S. The maximum atomic E-state index is 12.3. The van der Waals surface area contributed by atoms with Gasteiger partial charge in [0.2, 0.25) is 10.0 Å². The molecule has 0 bridgehead atoms. The average Bonchev–Trinajstić information content (AvgIpc) is 2.26. The number of nitrogens with zero attached hydrogens (tertiary/aromatic N) is 2. The molecule has 94 valence electrons. The molecule has 0 unspecified atom stereocenters. The number of anilines is 1. The number of aromatic nitrogens is 1. The Kier molecular flexibility index (Phi) is 3.32. The molecule has 1 aromatic heterocycles. The van der Waals surface area contributed by atoms with Crippen molar-refractivity contribution in [2.75, 3.05) is 12.5 Å². The van der Waals surface area contributed by atoms with Crippen LogP contribution in [0, 0.1) is 0 Å². The highest BCUT2D eigenvalue weighted by molar-refractivity contribution is 7.89. The second-order valence-electron chi connectivity index (χ2n) is 4.10. The Hall–Kier alpha value is -1.18. The van der Waals surface area contributed by atoms with E-state index in [9.17, 15) is 8.42 Å².